The molecule has 0 fully saturated rings. The summed E-state index contributed by atoms with van der Waals surface area (Å²) < 4.78 is 26.8. The van der Waals surface area contributed by atoms with Crippen molar-refractivity contribution in [3.63, 3.8) is 0 Å². The van der Waals surface area contributed by atoms with E-state index in [1.165, 1.54) is 18.2 Å². The highest BCUT2D eigenvalue weighted by atomic mass is 19.1. The summed E-state index contributed by atoms with van der Waals surface area (Å²) in [5.41, 5.74) is 1.88. The van der Waals surface area contributed by atoms with E-state index in [2.05, 4.69) is 0 Å². The summed E-state index contributed by atoms with van der Waals surface area (Å²) in [5, 5.41) is 9.42. The van der Waals surface area contributed by atoms with Crippen molar-refractivity contribution in [2.45, 2.75) is 19.6 Å². The standard InChI is InChI=1S/C16H17F2NO/c1-11(20)13-5-8-16(15(18)9-13)19(2)10-12-3-6-14(17)7-4-12/h3-9,11,20H,10H2,1-2H3/t11-/m0/s1. The number of hydrogen-bond acceptors (Lipinski definition) is 2. The van der Waals surface area contributed by atoms with Crippen LogP contribution in [0.25, 0.3) is 0 Å². The highest BCUT2D eigenvalue weighted by molar-refractivity contribution is 5.49. The maximum atomic E-state index is 14.0. The van der Waals surface area contributed by atoms with Gasteiger partial charge in [-0.3, -0.25) is 0 Å². The Hall–Kier alpha value is -1.94. The molecule has 0 bridgehead atoms. The summed E-state index contributed by atoms with van der Waals surface area (Å²) in [6.45, 7) is 2.07. The summed E-state index contributed by atoms with van der Waals surface area (Å²) in [6, 6.07) is 10.8. The number of halogens is 2. The third-order valence-electron chi connectivity index (χ3n) is 3.20. The van der Waals surface area contributed by atoms with E-state index in [0.29, 0.717) is 17.8 Å². The van der Waals surface area contributed by atoms with E-state index in [-0.39, 0.29) is 11.6 Å². The molecule has 2 rings (SSSR count). The third-order valence-corrected chi connectivity index (χ3v) is 3.20. The second kappa shape index (κ2) is 6.01. The number of anilines is 1. The topological polar surface area (TPSA) is 23.5 Å². The molecule has 2 aromatic rings. The molecule has 106 valence electrons. The van der Waals surface area contributed by atoms with Gasteiger partial charge in [0.1, 0.15) is 11.6 Å². The number of aliphatic hydroxyl groups is 1. The quantitative estimate of drug-likeness (QED) is 0.922. The smallest absolute Gasteiger partial charge is 0.146 e. The van der Waals surface area contributed by atoms with Crippen LogP contribution < -0.4 is 4.90 Å². The van der Waals surface area contributed by atoms with Gasteiger partial charge in [-0.25, -0.2) is 8.78 Å². The second-order valence-corrected chi connectivity index (χ2v) is 4.87. The predicted molar refractivity (Wildman–Crippen MR) is 75.5 cm³/mol. The fourth-order valence-corrected chi connectivity index (χ4v) is 2.04. The molecule has 0 aliphatic carbocycles. The van der Waals surface area contributed by atoms with E-state index in [1.807, 2.05) is 0 Å². The average Bonchev–Trinajstić information content (AvgIpc) is 2.41. The molecule has 0 aromatic heterocycles. The zero-order valence-corrected chi connectivity index (χ0v) is 11.5. The lowest BCUT2D eigenvalue weighted by Gasteiger charge is -2.21. The zero-order valence-electron chi connectivity index (χ0n) is 11.5. The van der Waals surface area contributed by atoms with E-state index >= 15 is 0 Å². The van der Waals surface area contributed by atoms with E-state index in [9.17, 15) is 13.9 Å². The predicted octanol–water partition coefficient (Wildman–Crippen LogP) is 3.65. The van der Waals surface area contributed by atoms with Crippen LogP contribution in [0.4, 0.5) is 14.5 Å². The molecule has 0 aliphatic rings. The molecule has 1 atom stereocenters. The largest absolute Gasteiger partial charge is 0.389 e. The Labute approximate surface area is 117 Å². The lowest BCUT2D eigenvalue weighted by molar-refractivity contribution is 0.199. The van der Waals surface area contributed by atoms with Crippen LogP contribution in [0.1, 0.15) is 24.2 Å². The SMILES string of the molecule is C[C@H](O)c1ccc(N(C)Cc2ccc(F)cc2)c(F)c1. The van der Waals surface area contributed by atoms with Gasteiger partial charge < -0.3 is 10.0 Å². The number of nitrogens with zero attached hydrogens (tertiary/aromatic N) is 1. The fraction of sp³-hybridized carbons (Fsp3) is 0.250. The molecule has 1 N–H and O–H groups in total. The molecule has 0 saturated carbocycles. The first-order valence-electron chi connectivity index (χ1n) is 6.40. The molecule has 0 unspecified atom stereocenters. The van der Waals surface area contributed by atoms with E-state index in [4.69, 9.17) is 0 Å². The maximum absolute atomic E-state index is 14.0. The monoisotopic (exact) mass is 277 g/mol. The van der Waals surface area contributed by atoms with Crippen molar-refractivity contribution in [1.82, 2.24) is 0 Å². The van der Waals surface area contributed by atoms with Gasteiger partial charge in [-0.15, -0.1) is 0 Å². The maximum Gasteiger partial charge on any atom is 0.146 e. The molecule has 2 aromatic carbocycles. The first kappa shape index (κ1) is 14.5. The number of rotatable bonds is 4. The highest BCUT2D eigenvalue weighted by Gasteiger charge is 2.11. The van der Waals surface area contributed by atoms with Gasteiger partial charge in [0, 0.05) is 13.6 Å². The van der Waals surface area contributed by atoms with Crippen molar-refractivity contribution in [3.05, 3.63) is 65.2 Å². The lowest BCUT2D eigenvalue weighted by atomic mass is 10.1. The van der Waals surface area contributed by atoms with Gasteiger partial charge in [-0.05, 0) is 42.3 Å². The fourth-order valence-electron chi connectivity index (χ4n) is 2.04. The number of hydrogen-bond donors (Lipinski definition) is 1. The molecule has 0 aliphatic heterocycles. The second-order valence-electron chi connectivity index (χ2n) is 4.87. The van der Waals surface area contributed by atoms with Crippen LogP contribution in [-0.4, -0.2) is 12.2 Å². The Morgan fingerprint density at radius 2 is 1.75 bits per heavy atom. The summed E-state index contributed by atoms with van der Waals surface area (Å²) in [6.07, 6.45) is -0.694. The molecule has 20 heavy (non-hydrogen) atoms. The minimum absolute atomic E-state index is 0.288. The van der Waals surface area contributed by atoms with Gasteiger partial charge in [-0.2, -0.15) is 0 Å². The number of benzene rings is 2. The van der Waals surface area contributed by atoms with Crippen LogP contribution in [0.2, 0.25) is 0 Å². The Morgan fingerprint density at radius 1 is 1.10 bits per heavy atom. The zero-order chi connectivity index (χ0) is 14.7. The van der Waals surface area contributed by atoms with Crippen molar-refractivity contribution in [3.8, 4) is 0 Å². The Morgan fingerprint density at radius 3 is 2.30 bits per heavy atom. The molecule has 0 saturated heterocycles. The van der Waals surface area contributed by atoms with Crippen molar-refractivity contribution in [2.75, 3.05) is 11.9 Å². The summed E-state index contributed by atoms with van der Waals surface area (Å²) in [7, 11) is 1.77. The number of aliphatic hydroxyl groups excluding tert-OH is 1. The van der Waals surface area contributed by atoms with Crippen LogP contribution in [0, 0.1) is 11.6 Å². The highest BCUT2D eigenvalue weighted by Crippen LogP contribution is 2.23. The molecular formula is C16H17F2NO. The van der Waals surface area contributed by atoms with Crippen molar-refractivity contribution >= 4 is 5.69 Å². The summed E-state index contributed by atoms with van der Waals surface area (Å²) in [4.78, 5) is 1.74. The van der Waals surface area contributed by atoms with E-state index < -0.39 is 6.10 Å². The normalized spacial score (nSPS) is 12.2. The first-order chi connectivity index (χ1) is 9.47. The van der Waals surface area contributed by atoms with Crippen molar-refractivity contribution in [2.24, 2.45) is 0 Å². The molecule has 0 amide bonds. The van der Waals surface area contributed by atoms with Crippen LogP contribution in [0.3, 0.4) is 0 Å². The lowest BCUT2D eigenvalue weighted by Crippen LogP contribution is -2.17. The summed E-state index contributed by atoms with van der Waals surface area (Å²) >= 11 is 0. The molecular weight excluding hydrogens is 260 g/mol. The van der Waals surface area contributed by atoms with Gasteiger partial charge in [0.2, 0.25) is 0 Å². The first-order valence-corrected chi connectivity index (χ1v) is 6.40. The Balaban J connectivity index is 2.16. The molecule has 0 radical (unpaired) electrons. The van der Waals surface area contributed by atoms with Gasteiger partial charge in [0.15, 0.2) is 0 Å². The van der Waals surface area contributed by atoms with Crippen LogP contribution in [0.15, 0.2) is 42.5 Å². The van der Waals surface area contributed by atoms with E-state index in [0.717, 1.165) is 5.56 Å². The van der Waals surface area contributed by atoms with Crippen molar-refractivity contribution < 1.29 is 13.9 Å². The van der Waals surface area contributed by atoms with Gasteiger partial charge in [0.05, 0.1) is 11.8 Å². The van der Waals surface area contributed by atoms with Crippen molar-refractivity contribution in [1.29, 1.82) is 0 Å². The van der Waals surface area contributed by atoms with E-state index in [1.54, 1.807) is 43.1 Å². The Bertz CT molecular complexity index is 582. The van der Waals surface area contributed by atoms with Gasteiger partial charge in [-0.1, -0.05) is 18.2 Å². The van der Waals surface area contributed by atoms with Gasteiger partial charge in [0.25, 0.3) is 0 Å². The molecule has 4 heteroatoms. The van der Waals surface area contributed by atoms with Crippen LogP contribution in [0.5, 0.6) is 0 Å². The molecule has 0 spiro atoms. The van der Waals surface area contributed by atoms with Gasteiger partial charge >= 0.3 is 0 Å². The summed E-state index contributed by atoms with van der Waals surface area (Å²) in [5.74, 6) is -0.670. The van der Waals surface area contributed by atoms with Crippen LogP contribution >= 0.6 is 0 Å². The third kappa shape index (κ3) is 3.33. The minimum atomic E-state index is -0.694. The Kier molecular flexibility index (Phi) is 4.35. The molecule has 0 heterocycles. The van der Waals surface area contributed by atoms with Crippen LogP contribution in [-0.2, 0) is 6.54 Å². The average molecular weight is 277 g/mol. The molecule has 2 nitrogen and oxygen atoms in total. The minimum Gasteiger partial charge on any atom is -0.389 e.